The van der Waals surface area contributed by atoms with E-state index < -0.39 is 0 Å². The Hall–Kier alpha value is -1.65. The number of piperidine rings is 1. The summed E-state index contributed by atoms with van der Waals surface area (Å²) in [5.74, 6) is 0.398. The number of nitrogens with one attached hydrogen (secondary N) is 1. The van der Waals surface area contributed by atoms with Gasteiger partial charge in [-0.2, -0.15) is 0 Å². The number of hydrogen-bond donors (Lipinski definition) is 2. The molecule has 4 nitrogen and oxygen atoms in total. The highest BCUT2D eigenvalue weighted by Crippen LogP contribution is 2.38. The number of hydrogen-bond acceptors (Lipinski definition) is 3. The highest BCUT2D eigenvalue weighted by Gasteiger charge is 2.40. The van der Waals surface area contributed by atoms with Crippen molar-refractivity contribution in [3.05, 3.63) is 48.0 Å². The van der Waals surface area contributed by atoms with Crippen LogP contribution in [0.2, 0.25) is 0 Å². The average molecular weight is 313 g/mol. The zero-order valence-electron chi connectivity index (χ0n) is 13.7. The van der Waals surface area contributed by atoms with Gasteiger partial charge in [0.2, 0.25) is 5.91 Å². The van der Waals surface area contributed by atoms with E-state index in [4.69, 9.17) is 5.73 Å². The Kier molecular flexibility index (Phi) is 5.13. The first-order chi connectivity index (χ1) is 11.1. The monoisotopic (exact) mass is 313 g/mol. The van der Waals surface area contributed by atoms with Gasteiger partial charge in [0.15, 0.2) is 0 Å². The van der Waals surface area contributed by atoms with Crippen LogP contribution in [0, 0.1) is 5.92 Å². The zero-order chi connectivity index (χ0) is 16.2. The SMILES string of the molecule is C=C(Cc1ccccc1)[C@@H]1C[C@H]1NC1CCN(CC(N)=O)CC1. The van der Waals surface area contributed by atoms with Crippen molar-refractivity contribution in [2.45, 2.75) is 37.8 Å². The van der Waals surface area contributed by atoms with Crippen LogP contribution >= 0.6 is 0 Å². The number of likely N-dealkylation sites (tertiary alicyclic amines) is 1. The molecule has 2 aliphatic rings. The quantitative estimate of drug-likeness (QED) is 0.754. The largest absolute Gasteiger partial charge is 0.369 e. The van der Waals surface area contributed by atoms with E-state index in [2.05, 4.69) is 47.1 Å². The molecule has 1 aliphatic heterocycles. The molecule has 4 heteroatoms. The third kappa shape index (κ3) is 4.66. The Labute approximate surface area is 138 Å². The highest BCUT2D eigenvalue weighted by atomic mass is 16.1. The van der Waals surface area contributed by atoms with Crippen LogP contribution in [0.3, 0.4) is 0 Å². The van der Waals surface area contributed by atoms with Crippen LogP contribution in [0.15, 0.2) is 42.5 Å². The lowest BCUT2D eigenvalue weighted by Gasteiger charge is -2.31. The molecule has 1 heterocycles. The smallest absolute Gasteiger partial charge is 0.231 e. The number of benzene rings is 1. The number of nitrogens with two attached hydrogens (primary N) is 1. The van der Waals surface area contributed by atoms with Gasteiger partial charge < -0.3 is 11.1 Å². The van der Waals surface area contributed by atoms with Gasteiger partial charge in [0, 0.05) is 25.2 Å². The van der Waals surface area contributed by atoms with Crippen LogP contribution in [0.5, 0.6) is 0 Å². The van der Waals surface area contributed by atoms with Crippen molar-refractivity contribution >= 4 is 5.91 Å². The summed E-state index contributed by atoms with van der Waals surface area (Å²) in [6.07, 6.45) is 4.40. The van der Waals surface area contributed by atoms with Crippen molar-refractivity contribution < 1.29 is 4.79 Å². The van der Waals surface area contributed by atoms with Gasteiger partial charge in [0.05, 0.1) is 6.54 Å². The van der Waals surface area contributed by atoms with Crippen molar-refractivity contribution in [1.82, 2.24) is 10.2 Å². The third-order valence-corrected chi connectivity index (χ3v) is 5.01. The molecule has 0 radical (unpaired) electrons. The Morgan fingerprint density at radius 3 is 2.61 bits per heavy atom. The minimum absolute atomic E-state index is 0.226. The molecule has 0 aromatic heterocycles. The van der Waals surface area contributed by atoms with Gasteiger partial charge in [-0.05, 0) is 37.2 Å². The normalized spacial score (nSPS) is 25.2. The average Bonchev–Trinajstić information content (AvgIpc) is 3.29. The fraction of sp³-hybridized carbons (Fsp3) is 0.526. The van der Waals surface area contributed by atoms with Gasteiger partial charge in [-0.15, -0.1) is 0 Å². The van der Waals surface area contributed by atoms with Crippen LogP contribution in [0.4, 0.5) is 0 Å². The summed E-state index contributed by atoms with van der Waals surface area (Å²) >= 11 is 0. The van der Waals surface area contributed by atoms with Crippen molar-refractivity contribution in [2.24, 2.45) is 11.7 Å². The summed E-state index contributed by atoms with van der Waals surface area (Å²) < 4.78 is 0. The summed E-state index contributed by atoms with van der Waals surface area (Å²) in [6.45, 7) is 6.62. The minimum Gasteiger partial charge on any atom is -0.369 e. The highest BCUT2D eigenvalue weighted by molar-refractivity contribution is 5.75. The first-order valence-corrected chi connectivity index (χ1v) is 8.60. The van der Waals surface area contributed by atoms with Crippen molar-refractivity contribution in [2.75, 3.05) is 19.6 Å². The van der Waals surface area contributed by atoms with E-state index in [0.717, 1.165) is 32.4 Å². The van der Waals surface area contributed by atoms with Crippen molar-refractivity contribution in [3.8, 4) is 0 Å². The Bertz CT molecular complexity index is 549. The summed E-state index contributed by atoms with van der Waals surface area (Å²) in [6, 6.07) is 11.7. The van der Waals surface area contributed by atoms with Gasteiger partial charge in [0.1, 0.15) is 0 Å². The molecule has 2 atom stereocenters. The number of nitrogens with zero attached hydrogens (tertiary/aromatic N) is 1. The molecule has 1 saturated carbocycles. The Balaban J connectivity index is 1.38. The molecular weight excluding hydrogens is 286 g/mol. The van der Waals surface area contributed by atoms with Gasteiger partial charge in [-0.25, -0.2) is 0 Å². The number of primary amides is 1. The third-order valence-electron chi connectivity index (χ3n) is 5.01. The van der Waals surface area contributed by atoms with Gasteiger partial charge >= 0.3 is 0 Å². The molecule has 0 spiro atoms. The zero-order valence-corrected chi connectivity index (χ0v) is 13.7. The molecule has 1 aromatic carbocycles. The maximum absolute atomic E-state index is 11.0. The molecular formula is C19H27N3O. The predicted molar refractivity (Wildman–Crippen MR) is 93.0 cm³/mol. The van der Waals surface area contributed by atoms with E-state index in [1.54, 1.807) is 0 Å². The second kappa shape index (κ2) is 7.28. The number of rotatable bonds is 7. The fourth-order valence-electron chi connectivity index (χ4n) is 3.60. The molecule has 1 aliphatic carbocycles. The van der Waals surface area contributed by atoms with Gasteiger partial charge in [-0.1, -0.05) is 42.5 Å². The van der Waals surface area contributed by atoms with Crippen LogP contribution < -0.4 is 11.1 Å². The lowest BCUT2D eigenvalue weighted by Crippen LogP contribution is -2.46. The maximum Gasteiger partial charge on any atom is 0.231 e. The second-order valence-electron chi connectivity index (χ2n) is 6.95. The summed E-state index contributed by atoms with van der Waals surface area (Å²) in [5, 5.41) is 3.78. The van der Waals surface area contributed by atoms with E-state index in [1.165, 1.54) is 17.6 Å². The number of amides is 1. The molecule has 1 amide bonds. The van der Waals surface area contributed by atoms with E-state index in [-0.39, 0.29) is 5.91 Å². The minimum atomic E-state index is -0.226. The Morgan fingerprint density at radius 2 is 1.96 bits per heavy atom. The summed E-state index contributed by atoms with van der Waals surface area (Å²) in [4.78, 5) is 13.1. The molecule has 2 fully saturated rings. The van der Waals surface area contributed by atoms with E-state index in [0.29, 0.717) is 24.5 Å². The first kappa shape index (κ1) is 16.2. The van der Waals surface area contributed by atoms with Crippen LogP contribution in [0.25, 0.3) is 0 Å². The van der Waals surface area contributed by atoms with Crippen LogP contribution in [-0.4, -0.2) is 42.5 Å². The van der Waals surface area contributed by atoms with Crippen molar-refractivity contribution in [3.63, 3.8) is 0 Å². The maximum atomic E-state index is 11.0. The molecule has 0 unspecified atom stereocenters. The standard InChI is InChI=1S/C19H27N3O/c1-14(11-15-5-3-2-4-6-15)17-12-18(17)21-16-7-9-22(10-8-16)13-19(20)23/h2-6,16-18,21H,1,7-13H2,(H2,20,23)/t17-,18+/m0/s1. The topological polar surface area (TPSA) is 58.4 Å². The molecule has 1 saturated heterocycles. The van der Waals surface area contributed by atoms with Gasteiger partial charge in [0.25, 0.3) is 0 Å². The number of carbonyl (C=O) groups is 1. The predicted octanol–water partition coefficient (Wildman–Crippen LogP) is 1.71. The summed E-state index contributed by atoms with van der Waals surface area (Å²) in [5.41, 5.74) is 7.95. The van der Waals surface area contributed by atoms with Crippen LogP contribution in [-0.2, 0) is 11.2 Å². The molecule has 124 valence electrons. The molecule has 1 aromatic rings. The summed E-state index contributed by atoms with van der Waals surface area (Å²) in [7, 11) is 0. The Morgan fingerprint density at radius 1 is 1.26 bits per heavy atom. The van der Waals surface area contributed by atoms with E-state index >= 15 is 0 Å². The van der Waals surface area contributed by atoms with Gasteiger partial charge in [-0.3, -0.25) is 9.69 Å². The lowest BCUT2D eigenvalue weighted by molar-refractivity contribution is -0.119. The lowest BCUT2D eigenvalue weighted by atomic mass is 10.0. The van der Waals surface area contributed by atoms with E-state index in [1.807, 2.05) is 0 Å². The molecule has 23 heavy (non-hydrogen) atoms. The molecule has 0 bridgehead atoms. The first-order valence-electron chi connectivity index (χ1n) is 8.60. The molecule has 3 rings (SSSR count). The molecule has 3 N–H and O–H groups in total. The van der Waals surface area contributed by atoms with E-state index in [9.17, 15) is 4.79 Å². The van der Waals surface area contributed by atoms with Crippen molar-refractivity contribution in [1.29, 1.82) is 0 Å². The van der Waals surface area contributed by atoms with Crippen LogP contribution in [0.1, 0.15) is 24.8 Å². The fourth-order valence-corrected chi connectivity index (χ4v) is 3.60. The second-order valence-corrected chi connectivity index (χ2v) is 6.95. The number of carbonyl (C=O) groups excluding carboxylic acids is 1.